The van der Waals surface area contributed by atoms with Crippen LogP contribution in [0.2, 0.25) is 0 Å². The van der Waals surface area contributed by atoms with E-state index in [0.29, 0.717) is 12.3 Å². The van der Waals surface area contributed by atoms with E-state index in [2.05, 4.69) is 5.32 Å². The van der Waals surface area contributed by atoms with Crippen LogP contribution in [0.15, 0.2) is 17.5 Å². The number of quaternary nitrogens is 1. The number of carbonyl (C=O) groups is 2. The van der Waals surface area contributed by atoms with Crippen molar-refractivity contribution in [2.75, 3.05) is 32.9 Å². The average Bonchev–Trinajstić information content (AvgIpc) is 3.06. The minimum Gasteiger partial charge on any atom is -0.349 e. The van der Waals surface area contributed by atoms with Crippen molar-refractivity contribution in [1.82, 2.24) is 10.2 Å². The summed E-state index contributed by atoms with van der Waals surface area (Å²) in [5.74, 6) is 0.412. The molecule has 21 heavy (non-hydrogen) atoms. The topological polar surface area (TPSA) is 53.9 Å². The van der Waals surface area contributed by atoms with E-state index in [1.165, 1.54) is 4.90 Å². The van der Waals surface area contributed by atoms with E-state index in [-0.39, 0.29) is 17.2 Å². The molecule has 2 atom stereocenters. The van der Waals surface area contributed by atoms with E-state index in [1.807, 2.05) is 38.5 Å². The number of carbonyl (C=O) groups excluding carboxylic acids is 2. The molecule has 7 heteroatoms. The summed E-state index contributed by atoms with van der Waals surface area (Å²) in [6.45, 7) is 3.31. The van der Waals surface area contributed by atoms with Crippen LogP contribution in [0.25, 0.3) is 0 Å². The maximum absolute atomic E-state index is 12.3. The number of hydrogen-bond acceptors (Lipinski definition) is 4. The molecule has 0 bridgehead atoms. The number of thiophene rings is 1. The smallest absolute Gasteiger partial charge is 0.242 e. The van der Waals surface area contributed by atoms with Crippen molar-refractivity contribution < 1.29 is 14.5 Å². The second-order valence-corrected chi connectivity index (χ2v) is 7.45. The second-order valence-electron chi connectivity index (χ2n) is 5.40. The molecule has 2 N–H and O–H groups in total. The van der Waals surface area contributed by atoms with Gasteiger partial charge in [-0.15, -0.1) is 23.1 Å². The first kappa shape index (κ1) is 16.3. The van der Waals surface area contributed by atoms with Gasteiger partial charge in [0.2, 0.25) is 11.8 Å². The Morgan fingerprint density at radius 3 is 2.95 bits per heavy atom. The highest BCUT2D eigenvalue weighted by molar-refractivity contribution is 8.00. The van der Waals surface area contributed by atoms with Gasteiger partial charge < -0.3 is 15.1 Å². The van der Waals surface area contributed by atoms with E-state index >= 15 is 0 Å². The molecule has 1 aromatic heterocycles. The normalized spacial score (nSPS) is 20.1. The van der Waals surface area contributed by atoms with Gasteiger partial charge in [0.25, 0.3) is 0 Å². The van der Waals surface area contributed by atoms with Crippen molar-refractivity contribution in [3.63, 3.8) is 0 Å². The lowest BCUT2D eigenvalue weighted by atomic mass is 10.2. The lowest BCUT2D eigenvalue weighted by Gasteiger charge is -2.28. The highest BCUT2D eigenvalue weighted by Crippen LogP contribution is 2.41. The van der Waals surface area contributed by atoms with Crippen LogP contribution in [-0.2, 0) is 9.59 Å². The Kier molecular flexibility index (Phi) is 5.66. The highest BCUT2D eigenvalue weighted by Gasteiger charge is 2.39. The van der Waals surface area contributed by atoms with Gasteiger partial charge in [0.15, 0.2) is 0 Å². The standard InChI is InChI=1S/C14H21N3O2S2/c1-10(13(19)15-6-7-16(2)3)17-12(18)9-21-14(17)11-5-4-8-20-11/h4-5,8,10,14H,6-7,9H2,1-3H3,(H,15,19)/p+1/t10-,14-/m0/s1. The predicted molar refractivity (Wildman–Crippen MR) is 86.5 cm³/mol. The molecule has 5 nitrogen and oxygen atoms in total. The zero-order valence-corrected chi connectivity index (χ0v) is 14.2. The summed E-state index contributed by atoms with van der Waals surface area (Å²) in [5, 5.41) is 4.89. The molecule has 1 aliphatic heterocycles. The summed E-state index contributed by atoms with van der Waals surface area (Å²) in [7, 11) is 4.09. The van der Waals surface area contributed by atoms with Crippen LogP contribution in [0.4, 0.5) is 0 Å². The zero-order chi connectivity index (χ0) is 15.4. The Morgan fingerprint density at radius 1 is 1.57 bits per heavy atom. The number of rotatable bonds is 6. The molecule has 0 spiro atoms. The monoisotopic (exact) mass is 328 g/mol. The minimum atomic E-state index is -0.434. The summed E-state index contributed by atoms with van der Waals surface area (Å²) in [5.41, 5.74) is 0. The van der Waals surface area contributed by atoms with Crippen LogP contribution >= 0.6 is 23.1 Å². The van der Waals surface area contributed by atoms with Crippen LogP contribution in [0.5, 0.6) is 0 Å². The molecule has 0 aliphatic carbocycles. The fourth-order valence-corrected chi connectivity index (χ4v) is 4.44. The molecule has 2 heterocycles. The lowest BCUT2D eigenvalue weighted by molar-refractivity contribution is -0.856. The fraction of sp³-hybridized carbons (Fsp3) is 0.571. The number of nitrogens with zero attached hydrogens (tertiary/aromatic N) is 1. The van der Waals surface area contributed by atoms with Gasteiger partial charge in [-0.05, 0) is 18.4 Å². The highest BCUT2D eigenvalue weighted by atomic mass is 32.2. The van der Waals surface area contributed by atoms with Crippen LogP contribution in [0.1, 0.15) is 17.2 Å². The third-order valence-corrected chi connectivity index (χ3v) is 5.70. The molecule has 1 fully saturated rings. The minimum absolute atomic E-state index is 0.0299. The quantitative estimate of drug-likeness (QED) is 0.771. The Balaban J connectivity index is 2.00. The first-order chi connectivity index (χ1) is 10.0. The molecule has 2 rings (SSSR count). The van der Waals surface area contributed by atoms with Crippen molar-refractivity contribution in [1.29, 1.82) is 0 Å². The number of thioether (sulfide) groups is 1. The average molecular weight is 328 g/mol. The number of likely N-dealkylation sites (N-methyl/N-ethyl adjacent to an activating group) is 1. The molecule has 1 aromatic rings. The molecule has 1 aliphatic rings. The Labute approximate surface area is 133 Å². The molecule has 0 unspecified atom stereocenters. The van der Waals surface area contributed by atoms with E-state index in [4.69, 9.17) is 0 Å². The SMILES string of the molecule is C[C@@H](C(=O)NCC[NH+](C)C)N1C(=O)CS[C@H]1c1cccs1. The van der Waals surface area contributed by atoms with Crippen molar-refractivity contribution in [2.24, 2.45) is 0 Å². The molecule has 1 saturated heterocycles. The molecule has 2 amide bonds. The maximum atomic E-state index is 12.3. The number of amides is 2. The summed E-state index contributed by atoms with van der Waals surface area (Å²) in [4.78, 5) is 28.5. The van der Waals surface area contributed by atoms with E-state index in [0.717, 1.165) is 11.4 Å². The van der Waals surface area contributed by atoms with Crippen molar-refractivity contribution >= 4 is 34.9 Å². The summed E-state index contributed by atoms with van der Waals surface area (Å²) in [6.07, 6.45) is 0. The first-order valence-electron chi connectivity index (χ1n) is 7.03. The van der Waals surface area contributed by atoms with Gasteiger partial charge in [0.05, 0.1) is 32.9 Å². The second kappa shape index (κ2) is 7.29. The molecular formula is C14H22N3O2S2+. The fourth-order valence-electron chi connectivity index (χ4n) is 2.22. The van der Waals surface area contributed by atoms with E-state index < -0.39 is 6.04 Å². The largest absolute Gasteiger partial charge is 0.349 e. The van der Waals surface area contributed by atoms with Crippen LogP contribution < -0.4 is 10.2 Å². The number of nitrogens with one attached hydrogen (secondary N) is 2. The van der Waals surface area contributed by atoms with Gasteiger partial charge in [-0.2, -0.15) is 0 Å². The zero-order valence-electron chi connectivity index (χ0n) is 12.6. The molecule has 116 valence electrons. The molecule has 0 radical (unpaired) electrons. The Hall–Kier alpha value is -1.05. The predicted octanol–water partition coefficient (Wildman–Crippen LogP) is -0.0287. The van der Waals surface area contributed by atoms with Gasteiger partial charge >= 0.3 is 0 Å². The van der Waals surface area contributed by atoms with Gasteiger partial charge in [-0.3, -0.25) is 9.59 Å². The third kappa shape index (κ3) is 3.99. The van der Waals surface area contributed by atoms with Crippen LogP contribution in [0, 0.1) is 0 Å². The maximum Gasteiger partial charge on any atom is 0.242 e. The molecule has 0 aromatic carbocycles. The molecular weight excluding hydrogens is 306 g/mol. The van der Waals surface area contributed by atoms with Crippen LogP contribution in [-0.4, -0.2) is 55.7 Å². The summed E-state index contributed by atoms with van der Waals surface area (Å²) < 4.78 is 0. The van der Waals surface area contributed by atoms with Crippen molar-refractivity contribution in [2.45, 2.75) is 18.3 Å². The first-order valence-corrected chi connectivity index (χ1v) is 8.96. The molecule has 0 saturated carbocycles. The van der Waals surface area contributed by atoms with Gasteiger partial charge in [0.1, 0.15) is 11.4 Å². The van der Waals surface area contributed by atoms with E-state index in [9.17, 15) is 9.59 Å². The Morgan fingerprint density at radius 2 is 2.33 bits per heavy atom. The summed E-state index contributed by atoms with van der Waals surface area (Å²) in [6, 6.07) is 3.57. The van der Waals surface area contributed by atoms with Gasteiger partial charge in [0, 0.05) is 4.88 Å². The van der Waals surface area contributed by atoms with Crippen molar-refractivity contribution in [3.05, 3.63) is 22.4 Å². The number of hydrogen-bond donors (Lipinski definition) is 2. The summed E-state index contributed by atoms with van der Waals surface area (Å²) >= 11 is 3.22. The van der Waals surface area contributed by atoms with Crippen molar-refractivity contribution in [3.8, 4) is 0 Å². The lowest BCUT2D eigenvalue weighted by Crippen LogP contribution is -3.06. The third-order valence-electron chi connectivity index (χ3n) is 3.41. The van der Waals surface area contributed by atoms with Crippen LogP contribution in [0.3, 0.4) is 0 Å². The van der Waals surface area contributed by atoms with E-state index in [1.54, 1.807) is 28.0 Å². The van der Waals surface area contributed by atoms with Gasteiger partial charge in [-0.25, -0.2) is 0 Å². The van der Waals surface area contributed by atoms with Gasteiger partial charge in [-0.1, -0.05) is 6.07 Å². The Bertz CT molecular complexity index is 490.